The number of nitrogens with one attached hydrogen (secondary N) is 3. The van der Waals surface area contributed by atoms with Crippen LogP contribution >= 0.6 is 0 Å². The van der Waals surface area contributed by atoms with E-state index < -0.39 is 33.8 Å². The minimum Gasteiger partial charge on any atom is -0.478 e. The number of hydrogen-bond donors (Lipinski definition) is 3. The summed E-state index contributed by atoms with van der Waals surface area (Å²) in [6.45, 7) is 2.21. The summed E-state index contributed by atoms with van der Waals surface area (Å²) in [5, 5.41) is 0. The maximum absolute atomic E-state index is 13.6. The Bertz CT molecular complexity index is 1060. The molecule has 0 bridgehead atoms. The average molecular weight is 466 g/mol. The number of hydrazine groups is 1. The lowest BCUT2D eigenvalue weighted by atomic mass is 10.2. The van der Waals surface area contributed by atoms with E-state index in [0.717, 1.165) is 12.8 Å². The molecule has 11 heteroatoms. The van der Waals surface area contributed by atoms with Crippen LogP contribution in [0.1, 0.15) is 30.1 Å². The Morgan fingerprint density at radius 3 is 2.53 bits per heavy atom. The minimum atomic E-state index is -3.74. The number of hydrogen-bond acceptors (Lipinski definition) is 6. The molecule has 2 unspecified atom stereocenters. The number of carbonyl (C=O) groups excluding carboxylic acids is 2. The van der Waals surface area contributed by atoms with Crippen LogP contribution in [0.2, 0.25) is 0 Å². The topological polar surface area (TPSA) is 123 Å². The van der Waals surface area contributed by atoms with Gasteiger partial charge in [-0.25, -0.2) is 17.5 Å². The van der Waals surface area contributed by atoms with Gasteiger partial charge >= 0.3 is 0 Å². The Balaban J connectivity index is 1.50. The van der Waals surface area contributed by atoms with Crippen molar-refractivity contribution in [3.05, 3.63) is 59.9 Å². The summed E-state index contributed by atoms with van der Waals surface area (Å²) in [7, 11) is -3.74. The number of benzene rings is 2. The smallest absolute Gasteiger partial charge is 0.279 e. The number of carbonyl (C=O) groups is 2. The molecule has 2 atom stereocenters. The van der Waals surface area contributed by atoms with E-state index in [-0.39, 0.29) is 28.9 Å². The van der Waals surface area contributed by atoms with Crippen LogP contribution in [0.5, 0.6) is 5.75 Å². The summed E-state index contributed by atoms with van der Waals surface area (Å²) >= 11 is 0. The summed E-state index contributed by atoms with van der Waals surface area (Å²) < 4.78 is 51.5. The molecule has 1 saturated heterocycles. The molecular formula is C21H24FN3O6S. The molecule has 2 aromatic rings. The lowest BCUT2D eigenvalue weighted by Gasteiger charge is -2.15. The number of rotatable bonds is 8. The molecule has 0 spiro atoms. The highest BCUT2D eigenvalue weighted by molar-refractivity contribution is 7.89. The van der Waals surface area contributed by atoms with Gasteiger partial charge in [0.1, 0.15) is 0 Å². The molecule has 0 radical (unpaired) electrons. The van der Waals surface area contributed by atoms with Crippen LogP contribution in [0, 0.1) is 5.82 Å². The van der Waals surface area contributed by atoms with E-state index in [0.29, 0.717) is 6.61 Å². The zero-order valence-electron chi connectivity index (χ0n) is 17.3. The second-order valence-corrected chi connectivity index (χ2v) is 8.91. The maximum Gasteiger partial charge on any atom is 0.279 e. The van der Waals surface area contributed by atoms with Gasteiger partial charge in [0.25, 0.3) is 11.8 Å². The van der Waals surface area contributed by atoms with Crippen molar-refractivity contribution in [2.75, 3.05) is 13.2 Å². The van der Waals surface area contributed by atoms with E-state index in [2.05, 4.69) is 15.6 Å². The van der Waals surface area contributed by atoms with Crippen molar-refractivity contribution in [2.45, 2.75) is 36.9 Å². The molecule has 2 aromatic carbocycles. The van der Waals surface area contributed by atoms with Crippen LogP contribution in [0.15, 0.2) is 53.4 Å². The van der Waals surface area contributed by atoms with Gasteiger partial charge in [0.05, 0.1) is 11.0 Å². The van der Waals surface area contributed by atoms with Crippen LogP contribution in [-0.4, -0.2) is 45.6 Å². The fourth-order valence-electron chi connectivity index (χ4n) is 2.95. The van der Waals surface area contributed by atoms with Gasteiger partial charge in [-0.2, -0.15) is 0 Å². The van der Waals surface area contributed by atoms with Crippen molar-refractivity contribution in [1.29, 1.82) is 0 Å². The van der Waals surface area contributed by atoms with E-state index in [1.165, 1.54) is 49.4 Å². The minimum absolute atomic E-state index is 0.00277. The first-order valence-electron chi connectivity index (χ1n) is 9.99. The zero-order valence-corrected chi connectivity index (χ0v) is 18.2. The number of halogens is 1. The van der Waals surface area contributed by atoms with Crippen molar-refractivity contribution in [2.24, 2.45) is 0 Å². The van der Waals surface area contributed by atoms with E-state index in [4.69, 9.17) is 9.47 Å². The highest BCUT2D eigenvalue weighted by Crippen LogP contribution is 2.17. The molecule has 0 aromatic heterocycles. The summed E-state index contributed by atoms with van der Waals surface area (Å²) in [6, 6.07) is 10.9. The van der Waals surface area contributed by atoms with Gasteiger partial charge in [-0.1, -0.05) is 12.1 Å². The first kappa shape index (κ1) is 23.6. The second-order valence-electron chi connectivity index (χ2n) is 7.15. The number of para-hydroxylation sites is 1. The van der Waals surface area contributed by atoms with Crippen LogP contribution in [-0.2, 0) is 19.6 Å². The summed E-state index contributed by atoms with van der Waals surface area (Å²) in [4.78, 5) is 24.3. The molecule has 1 aliphatic rings. The van der Waals surface area contributed by atoms with Crippen molar-refractivity contribution in [3.63, 3.8) is 0 Å². The third-order valence-corrected chi connectivity index (χ3v) is 6.20. The third-order valence-electron chi connectivity index (χ3n) is 4.76. The third kappa shape index (κ3) is 6.25. The maximum atomic E-state index is 13.6. The average Bonchev–Trinajstić information content (AvgIpc) is 3.31. The van der Waals surface area contributed by atoms with E-state index in [1.54, 1.807) is 6.07 Å². The number of ether oxygens (including phenoxy) is 2. The number of amides is 2. The summed E-state index contributed by atoms with van der Waals surface area (Å²) in [6.07, 6.45) is 0.496. The van der Waals surface area contributed by atoms with Crippen molar-refractivity contribution >= 4 is 21.8 Å². The quantitative estimate of drug-likeness (QED) is 0.508. The van der Waals surface area contributed by atoms with Crippen molar-refractivity contribution in [1.82, 2.24) is 15.6 Å². The SMILES string of the molecule is CC(Oc1ccccc1F)C(=O)NNC(=O)c1ccc(S(=O)(=O)NCC2CCCO2)cc1. The normalized spacial score (nSPS) is 16.9. The predicted molar refractivity (Wildman–Crippen MR) is 113 cm³/mol. The lowest BCUT2D eigenvalue weighted by Crippen LogP contribution is -2.47. The van der Waals surface area contributed by atoms with Crippen LogP contribution in [0.3, 0.4) is 0 Å². The molecule has 2 amide bonds. The summed E-state index contributed by atoms with van der Waals surface area (Å²) in [5.74, 6) is -2.06. The van der Waals surface area contributed by atoms with E-state index in [9.17, 15) is 22.4 Å². The fourth-order valence-corrected chi connectivity index (χ4v) is 4.02. The highest BCUT2D eigenvalue weighted by atomic mass is 32.2. The van der Waals surface area contributed by atoms with Gasteiger partial charge < -0.3 is 9.47 Å². The molecule has 32 heavy (non-hydrogen) atoms. The fraction of sp³-hybridized carbons (Fsp3) is 0.333. The Labute approximate surface area is 185 Å². The zero-order chi connectivity index (χ0) is 23.1. The van der Waals surface area contributed by atoms with Gasteiger partial charge in [0.2, 0.25) is 10.0 Å². The molecule has 1 aliphatic heterocycles. The molecule has 1 heterocycles. The van der Waals surface area contributed by atoms with Gasteiger partial charge in [-0.15, -0.1) is 0 Å². The first-order chi connectivity index (χ1) is 15.3. The monoisotopic (exact) mass is 465 g/mol. The van der Waals surface area contributed by atoms with E-state index >= 15 is 0 Å². The number of sulfonamides is 1. The Morgan fingerprint density at radius 1 is 1.16 bits per heavy atom. The molecule has 0 saturated carbocycles. The molecule has 9 nitrogen and oxygen atoms in total. The first-order valence-corrected chi connectivity index (χ1v) is 11.5. The van der Waals surface area contributed by atoms with Gasteiger partial charge in [-0.3, -0.25) is 20.4 Å². The van der Waals surface area contributed by atoms with E-state index in [1.807, 2.05) is 0 Å². The molecular weight excluding hydrogens is 441 g/mol. The van der Waals surface area contributed by atoms with Gasteiger partial charge in [0, 0.05) is 18.7 Å². The standard InChI is InChI=1S/C21H24FN3O6S/c1-14(31-19-7-3-2-6-18(19)22)20(26)24-25-21(27)15-8-10-17(11-9-15)32(28,29)23-13-16-5-4-12-30-16/h2-3,6-11,14,16,23H,4-5,12-13H2,1H3,(H,24,26)(H,25,27). The Morgan fingerprint density at radius 2 is 1.88 bits per heavy atom. The largest absolute Gasteiger partial charge is 0.478 e. The molecule has 1 fully saturated rings. The van der Waals surface area contributed by atoms with Crippen molar-refractivity contribution < 1.29 is 31.9 Å². The predicted octanol–water partition coefficient (Wildman–Crippen LogP) is 1.51. The second kappa shape index (κ2) is 10.5. The van der Waals surface area contributed by atoms with Gasteiger partial charge in [-0.05, 0) is 56.2 Å². The Hall–Kier alpha value is -3.02. The molecule has 172 valence electrons. The van der Waals surface area contributed by atoms with Crippen molar-refractivity contribution in [3.8, 4) is 5.75 Å². The van der Waals surface area contributed by atoms with Crippen LogP contribution in [0.4, 0.5) is 4.39 Å². The van der Waals surface area contributed by atoms with Crippen LogP contribution < -0.4 is 20.3 Å². The van der Waals surface area contributed by atoms with Crippen LogP contribution in [0.25, 0.3) is 0 Å². The Kier molecular flexibility index (Phi) is 7.78. The molecule has 0 aliphatic carbocycles. The molecule has 3 rings (SSSR count). The highest BCUT2D eigenvalue weighted by Gasteiger charge is 2.21. The lowest BCUT2D eigenvalue weighted by molar-refractivity contribution is -0.128. The summed E-state index contributed by atoms with van der Waals surface area (Å²) in [5.41, 5.74) is 4.52. The molecule has 3 N–H and O–H groups in total. The van der Waals surface area contributed by atoms with Gasteiger partial charge in [0.15, 0.2) is 17.7 Å².